The molecule has 0 bridgehead atoms. The van der Waals surface area contributed by atoms with Crippen molar-refractivity contribution in [3.8, 4) is 0 Å². The molecule has 0 aromatic heterocycles. The van der Waals surface area contributed by atoms with E-state index < -0.39 is 4.92 Å². The van der Waals surface area contributed by atoms with Crippen molar-refractivity contribution >= 4 is 23.6 Å². The first-order valence-corrected chi connectivity index (χ1v) is 8.09. The van der Waals surface area contributed by atoms with Gasteiger partial charge in [-0.1, -0.05) is 42.5 Å². The smallest absolute Gasteiger partial charge is 0.270 e. The molecule has 1 fully saturated rings. The van der Waals surface area contributed by atoms with Crippen LogP contribution in [0.5, 0.6) is 0 Å². The first-order valence-electron chi connectivity index (χ1n) is 8.09. The molecule has 0 unspecified atom stereocenters. The number of benzene rings is 2. The van der Waals surface area contributed by atoms with E-state index in [1.165, 1.54) is 12.1 Å². The van der Waals surface area contributed by atoms with E-state index >= 15 is 0 Å². The van der Waals surface area contributed by atoms with Gasteiger partial charge in [-0.25, -0.2) is 0 Å². The van der Waals surface area contributed by atoms with Crippen LogP contribution in [0.3, 0.4) is 0 Å². The molecule has 0 spiro atoms. The summed E-state index contributed by atoms with van der Waals surface area (Å²) < 4.78 is 0. The third kappa shape index (κ3) is 4.28. The molecule has 0 aliphatic carbocycles. The lowest BCUT2D eigenvalue weighted by Gasteiger charge is -2.05. The largest absolute Gasteiger partial charge is 0.312 e. The third-order valence-corrected chi connectivity index (χ3v) is 4.03. The second-order valence-electron chi connectivity index (χ2n) is 5.86. The van der Waals surface area contributed by atoms with E-state index in [9.17, 15) is 14.9 Å². The Morgan fingerprint density at radius 1 is 0.960 bits per heavy atom. The van der Waals surface area contributed by atoms with Gasteiger partial charge in [0.1, 0.15) is 0 Å². The average Bonchev–Trinajstić information content (AvgIpc) is 2.79. The molecule has 0 amide bonds. The van der Waals surface area contributed by atoms with E-state index in [1.54, 1.807) is 18.2 Å². The van der Waals surface area contributed by atoms with E-state index in [1.807, 2.05) is 36.4 Å². The van der Waals surface area contributed by atoms with Crippen LogP contribution in [0.1, 0.15) is 17.5 Å². The van der Waals surface area contributed by atoms with Crippen LogP contribution in [-0.4, -0.2) is 23.8 Å². The maximum Gasteiger partial charge on any atom is 0.270 e. The number of rotatable bonds is 3. The minimum Gasteiger partial charge on any atom is -0.312 e. The van der Waals surface area contributed by atoms with Crippen molar-refractivity contribution in [2.24, 2.45) is 0 Å². The highest BCUT2D eigenvalue weighted by atomic mass is 16.6. The van der Waals surface area contributed by atoms with Crippen molar-refractivity contribution in [1.29, 1.82) is 0 Å². The van der Waals surface area contributed by atoms with Crippen LogP contribution < -0.4 is 5.32 Å². The summed E-state index contributed by atoms with van der Waals surface area (Å²) in [7, 11) is 0. The Balaban J connectivity index is 1.93. The molecule has 1 saturated heterocycles. The predicted octanol–water partition coefficient (Wildman–Crippen LogP) is 3.62. The Hall–Kier alpha value is -3.05. The maximum absolute atomic E-state index is 12.9. The van der Waals surface area contributed by atoms with Crippen LogP contribution >= 0.6 is 0 Å². The fraction of sp³-hybridized carbons (Fsp3) is 0.150. The van der Waals surface area contributed by atoms with Gasteiger partial charge in [0, 0.05) is 29.8 Å². The zero-order chi connectivity index (χ0) is 17.6. The highest BCUT2D eigenvalue weighted by Gasteiger charge is 2.19. The number of carbonyl (C=O) groups is 1. The molecule has 1 aliphatic heterocycles. The zero-order valence-electron chi connectivity index (χ0n) is 13.6. The minimum atomic E-state index is -0.431. The molecule has 2 aromatic carbocycles. The van der Waals surface area contributed by atoms with Crippen molar-refractivity contribution in [3.05, 3.63) is 87.0 Å². The van der Waals surface area contributed by atoms with Gasteiger partial charge in [0.15, 0.2) is 5.78 Å². The summed E-state index contributed by atoms with van der Waals surface area (Å²) in [6.07, 6.45) is 4.23. The number of non-ortho nitro benzene ring substituents is 1. The first-order chi connectivity index (χ1) is 12.1. The van der Waals surface area contributed by atoms with Crippen LogP contribution in [0.15, 0.2) is 65.7 Å². The Labute approximate surface area is 145 Å². The molecule has 0 radical (unpaired) electrons. The van der Waals surface area contributed by atoms with Gasteiger partial charge in [0.05, 0.1) is 4.92 Å². The summed E-state index contributed by atoms with van der Waals surface area (Å²) in [6, 6.07) is 16.0. The number of nitrogens with one attached hydrogen (secondary N) is 1. The number of hydrogen-bond acceptors (Lipinski definition) is 4. The fourth-order valence-corrected chi connectivity index (χ4v) is 2.78. The van der Waals surface area contributed by atoms with Crippen LogP contribution in [0.4, 0.5) is 5.69 Å². The van der Waals surface area contributed by atoms with E-state index in [0.717, 1.165) is 5.56 Å². The van der Waals surface area contributed by atoms with E-state index in [4.69, 9.17) is 0 Å². The molecule has 0 atom stereocenters. The molecule has 5 nitrogen and oxygen atoms in total. The summed E-state index contributed by atoms with van der Waals surface area (Å²) in [5, 5.41) is 14.2. The van der Waals surface area contributed by atoms with Gasteiger partial charge in [-0.2, -0.15) is 0 Å². The van der Waals surface area contributed by atoms with E-state index in [2.05, 4.69) is 5.32 Å². The maximum atomic E-state index is 12.9. The van der Waals surface area contributed by atoms with E-state index in [0.29, 0.717) is 36.2 Å². The van der Waals surface area contributed by atoms with Crippen LogP contribution in [-0.2, 0) is 4.79 Å². The van der Waals surface area contributed by atoms with Gasteiger partial charge in [-0.15, -0.1) is 0 Å². The van der Waals surface area contributed by atoms with Crippen molar-refractivity contribution in [2.45, 2.75) is 6.42 Å². The standard InChI is InChI=1S/C20H18N2O3/c23-20-17(12-16-7-4-8-19(13-16)22(24)25)9-10-21-14-18(20)11-15-5-2-1-3-6-15/h1-8,11-13,21H,9-10,14H2/b17-12+,18-11+. The molecular weight excluding hydrogens is 316 g/mol. The molecule has 0 saturated carbocycles. The fourth-order valence-electron chi connectivity index (χ4n) is 2.78. The number of Topliss-reactive ketones (excluding diaryl/α,β-unsaturated/α-hetero) is 1. The molecule has 25 heavy (non-hydrogen) atoms. The molecular formula is C20H18N2O3. The molecule has 5 heteroatoms. The summed E-state index contributed by atoms with van der Waals surface area (Å²) in [4.78, 5) is 23.4. The van der Waals surface area contributed by atoms with Gasteiger partial charge >= 0.3 is 0 Å². The van der Waals surface area contributed by atoms with Crippen LogP contribution in [0.25, 0.3) is 12.2 Å². The number of hydrogen-bond donors (Lipinski definition) is 1. The third-order valence-electron chi connectivity index (χ3n) is 4.03. The predicted molar refractivity (Wildman–Crippen MR) is 98.0 cm³/mol. The molecule has 1 aliphatic rings. The summed E-state index contributed by atoms with van der Waals surface area (Å²) in [6.45, 7) is 1.21. The lowest BCUT2D eigenvalue weighted by molar-refractivity contribution is -0.384. The van der Waals surface area contributed by atoms with Crippen LogP contribution in [0, 0.1) is 10.1 Å². The van der Waals surface area contributed by atoms with Crippen molar-refractivity contribution in [1.82, 2.24) is 5.32 Å². The number of nitro groups is 1. The second-order valence-corrected chi connectivity index (χ2v) is 5.86. The van der Waals surface area contributed by atoms with Crippen LogP contribution in [0.2, 0.25) is 0 Å². The monoisotopic (exact) mass is 334 g/mol. The van der Waals surface area contributed by atoms with Gasteiger partial charge in [0.2, 0.25) is 0 Å². The Kier molecular flexibility index (Phi) is 5.16. The Morgan fingerprint density at radius 3 is 2.44 bits per heavy atom. The van der Waals surface area contributed by atoms with Crippen molar-refractivity contribution in [2.75, 3.05) is 13.1 Å². The molecule has 1 heterocycles. The van der Waals surface area contributed by atoms with E-state index in [-0.39, 0.29) is 11.5 Å². The van der Waals surface area contributed by atoms with Gasteiger partial charge < -0.3 is 5.32 Å². The lowest BCUT2D eigenvalue weighted by atomic mass is 9.98. The first kappa shape index (κ1) is 16.8. The summed E-state index contributed by atoms with van der Waals surface area (Å²) in [5.74, 6) is -0.0136. The lowest BCUT2D eigenvalue weighted by Crippen LogP contribution is -2.16. The zero-order valence-corrected chi connectivity index (χ0v) is 13.6. The number of nitro benzene ring substituents is 1. The SMILES string of the molecule is O=C1/C(=C/c2cccc([N+](=O)[O-])c2)CCNC/C1=C\c1ccccc1. The van der Waals surface area contributed by atoms with Crippen molar-refractivity contribution in [3.63, 3.8) is 0 Å². The summed E-state index contributed by atoms with van der Waals surface area (Å²) >= 11 is 0. The van der Waals surface area contributed by atoms with Gasteiger partial charge in [-0.3, -0.25) is 14.9 Å². The highest BCUT2D eigenvalue weighted by Crippen LogP contribution is 2.21. The normalized spacial score (nSPS) is 18.3. The van der Waals surface area contributed by atoms with Gasteiger partial charge in [-0.05, 0) is 36.2 Å². The number of ketones is 1. The molecule has 1 N–H and O–H groups in total. The van der Waals surface area contributed by atoms with Crippen molar-refractivity contribution < 1.29 is 9.72 Å². The average molecular weight is 334 g/mol. The highest BCUT2D eigenvalue weighted by molar-refractivity contribution is 6.13. The Bertz CT molecular complexity index is 854. The minimum absolute atomic E-state index is 0.0136. The molecule has 3 rings (SSSR count). The number of carbonyl (C=O) groups excluding carboxylic acids is 1. The van der Waals surface area contributed by atoms with Gasteiger partial charge in [0.25, 0.3) is 5.69 Å². The second kappa shape index (κ2) is 7.68. The topological polar surface area (TPSA) is 72.2 Å². The quantitative estimate of drug-likeness (QED) is 0.528. The molecule has 126 valence electrons. The number of nitrogens with zero attached hydrogens (tertiary/aromatic N) is 1. The Morgan fingerprint density at radius 2 is 1.68 bits per heavy atom. The molecule has 2 aromatic rings. The summed E-state index contributed by atoms with van der Waals surface area (Å²) in [5.41, 5.74) is 3.02.